The van der Waals surface area contributed by atoms with Crippen molar-refractivity contribution in [3.63, 3.8) is 0 Å². The van der Waals surface area contributed by atoms with Crippen molar-refractivity contribution in [2.24, 2.45) is 11.8 Å². The number of hydrogen-bond donors (Lipinski definition) is 2. The van der Waals surface area contributed by atoms with Crippen LogP contribution in [0.4, 0.5) is 0 Å². The lowest BCUT2D eigenvalue weighted by atomic mass is 9.81. The molecule has 3 rings (SSSR count). The molecule has 1 aliphatic rings. The van der Waals surface area contributed by atoms with Crippen molar-refractivity contribution in [3.8, 4) is 0 Å². The van der Waals surface area contributed by atoms with Gasteiger partial charge in [-0.3, -0.25) is 0 Å². The van der Waals surface area contributed by atoms with Crippen LogP contribution in [0.1, 0.15) is 44.6 Å². The minimum atomic E-state index is 0.946. The molecule has 2 N–H and O–H groups in total. The van der Waals surface area contributed by atoms with Crippen LogP contribution in [-0.4, -0.2) is 11.5 Å². The Kier molecular flexibility index (Phi) is 4.41. The van der Waals surface area contributed by atoms with Crippen LogP contribution in [0.25, 0.3) is 10.9 Å². The fourth-order valence-electron chi connectivity index (χ4n) is 3.65. The molecule has 0 bridgehead atoms. The van der Waals surface area contributed by atoms with Crippen molar-refractivity contribution in [1.29, 1.82) is 0 Å². The Morgan fingerprint density at radius 3 is 3.10 bits per heavy atom. The zero-order chi connectivity index (χ0) is 13.8. The number of para-hydroxylation sites is 1. The quantitative estimate of drug-likeness (QED) is 0.771. The summed E-state index contributed by atoms with van der Waals surface area (Å²) in [6.45, 7) is 4.53. The van der Waals surface area contributed by atoms with E-state index >= 15 is 0 Å². The smallest absolute Gasteiger partial charge is 0.0499 e. The molecule has 1 aromatic carbocycles. The minimum Gasteiger partial charge on any atom is -0.361 e. The summed E-state index contributed by atoms with van der Waals surface area (Å²) in [7, 11) is 0. The van der Waals surface area contributed by atoms with E-state index in [0.717, 1.165) is 24.9 Å². The maximum absolute atomic E-state index is 3.63. The number of rotatable bonds is 5. The third-order valence-corrected chi connectivity index (χ3v) is 4.76. The van der Waals surface area contributed by atoms with Gasteiger partial charge in [-0.15, -0.1) is 0 Å². The maximum atomic E-state index is 3.63. The molecular weight excluding hydrogens is 244 g/mol. The molecule has 0 saturated heterocycles. The zero-order valence-electron chi connectivity index (χ0n) is 12.5. The number of benzene rings is 1. The van der Waals surface area contributed by atoms with Gasteiger partial charge in [-0.25, -0.2) is 0 Å². The lowest BCUT2D eigenvalue weighted by molar-refractivity contribution is 0.267. The molecular formula is C18H26N2. The Morgan fingerprint density at radius 1 is 1.25 bits per heavy atom. The summed E-state index contributed by atoms with van der Waals surface area (Å²) in [6, 6.07) is 8.67. The molecule has 1 heterocycles. The van der Waals surface area contributed by atoms with Gasteiger partial charge in [-0.05, 0) is 48.2 Å². The van der Waals surface area contributed by atoms with Crippen molar-refractivity contribution >= 4 is 10.9 Å². The van der Waals surface area contributed by atoms with Crippen molar-refractivity contribution in [2.75, 3.05) is 6.54 Å². The number of hydrogen-bond acceptors (Lipinski definition) is 1. The van der Waals surface area contributed by atoms with E-state index in [9.17, 15) is 0 Å². The van der Waals surface area contributed by atoms with E-state index in [4.69, 9.17) is 0 Å². The highest BCUT2D eigenvalue weighted by Crippen LogP contribution is 2.30. The molecule has 2 heteroatoms. The molecule has 1 aromatic heterocycles. The topological polar surface area (TPSA) is 27.8 Å². The van der Waals surface area contributed by atoms with E-state index in [0.29, 0.717) is 0 Å². The molecule has 0 amide bonds. The maximum Gasteiger partial charge on any atom is 0.0499 e. The van der Waals surface area contributed by atoms with Gasteiger partial charge in [0.1, 0.15) is 0 Å². The van der Waals surface area contributed by atoms with Gasteiger partial charge >= 0.3 is 0 Å². The standard InChI is InChI=1S/C18H26N2/c1-14-4-2-5-15(12-14)8-10-19-13-17-7-3-6-16-9-11-20-18(16)17/h3,6-7,9,11,14-15,19-20H,2,4-5,8,10,12-13H2,1H3. The van der Waals surface area contributed by atoms with Gasteiger partial charge in [-0.1, -0.05) is 44.4 Å². The summed E-state index contributed by atoms with van der Waals surface area (Å²) < 4.78 is 0. The van der Waals surface area contributed by atoms with Crippen LogP contribution >= 0.6 is 0 Å². The van der Waals surface area contributed by atoms with E-state index in [2.05, 4.69) is 41.5 Å². The zero-order valence-corrected chi connectivity index (χ0v) is 12.5. The molecule has 0 spiro atoms. The Labute approximate surface area is 122 Å². The molecule has 1 fully saturated rings. The summed E-state index contributed by atoms with van der Waals surface area (Å²) >= 11 is 0. The number of fused-ring (bicyclic) bond motifs is 1. The first-order valence-electron chi connectivity index (χ1n) is 8.08. The molecule has 0 radical (unpaired) electrons. The predicted octanol–water partition coefficient (Wildman–Crippen LogP) is 4.47. The van der Waals surface area contributed by atoms with Gasteiger partial charge in [0.25, 0.3) is 0 Å². The Hall–Kier alpha value is -1.28. The summed E-state index contributed by atoms with van der Waals surface area (Å²) in [5, 5.41) is 4.94. The average molecular weight is 270 g/mol. The molecule has 0 aliphatic heterocycles. The number of nitrogens with one attached hydrogen (secondary N) is 2. The van der Waals surface area contributed by atoms with Crippen LogP contribution in [0.15, 0.2) is 30.5 Å². The van der Waals surface area contributed by atoms with Crippen molar-refractivity contribution in [1.82, 2.24) is 10.3 Å². The summed E-state index contributed by atoms with van der Waals surface area (Å²) in [4.78, 5) is 3.34. The molecule has 2 unspecified atom stereocenters. The van der Waals surface area contributed by atoms with Crippen LogP contribution in [-0.2, 0) is 6.54 Å². The first-order chi connectivity index (χ1) is 9.83. The lowest BCUT2D eigenvalue weighted by Crippen LogP contribution is -2.21. The van der Waals surface area contributed by atoms with Gasteiger partial charge in [0, 0.05) is 18.3 Å². The van der Waals surface area contributed by atoms with Crippen LogP contribution < -0.4 is 5.32 Å². The number of aromatic amines is 1. The van der Waals surface area contributed by atoms with Crippen molar-refractivity contribution < 1.29 is 0 Å². The summed E-state index contributed by atoms with van der Waals surface area (Å²) in [5.74, 6) is 1.90. The number of H-pyrrole nitrogens is 1. The normalized spacial score (nSPS) is 23.2. The van der Waals surface area contributed by atoms with Gasteiger partial charge < -0.3 is 10.3 Å². The van der Waals surface area contributed by atoms with Crippen molar-refractivity contribution in [2.45, 2.75) is 45.6 Å². The average Bonchev–Trinajstić information content (AvgIpc) is 2.93. The van der Waals surface area contributed by atoms with E-state index < -0.39 is 0 Å². The third kappa shape index (κ3) is 3.24. The highest BCUT2D eigenvalue weighted by Gasteiger charge is 2.18. The lowest BCUT2D eigenvalue weighted by Gasteiger charge is -2.26. The summed E-state index contributed by atoms with van der Waals surface area (Å²) in [6.07, 6.45) is 9.13. The first kappa shape index (κ1) is 13.7. The second-order valence-corrected chi connectivity index (χ2v) is 6.46. The SMILES string of the molecule is CC1CCCC(CCNCc2cccc3cc[nH]c23)C1. The third-order valence-electron chi connectivity index (χ3n) is 4.76. The minimum absolute atomic E-state index is 0.946. The Balaban J connectivity index is 1.47. The van der Waals surface area contributed by atoms with E-state index in [1.807, 2.05) is 6.20 Å². The molecule has 108 valence electrons. The van der Waals surface area contributed by atoms with Crippen molar-refractivity contribution in [3.05, 3.63) is 36.0 Å². The molecule has 2 aromatic rings. The van der Waals surface area contributed by atoms with Crippen LogP contribution in [0.3, 0.4) is 0 Å². The first-order valence-corrected chi connectivity index (χ1v) is 8.08. The second-order valence-electron chi connectivity index (χ2n) is 6.46. The molecule has 20 heavy (non-hydrogen) atoms. The van der Waals surface area contributed by atoms with E-state index in [1.54, 1.807) is 0 Å². The Morgan fingerprint density at radius 2 is 2.20 bits per heavy atom. The van der Waals surface area contributed by atoms with Gasteiger partial charge in [0.15, 0.2) is 0 Å². The fourth-order valence-corrected chi connectivity index (χ4v) is 3.65. The predicted molar refractivity (Wildman–Crippen MR) is 85.7 cm³/mol. The Bertz CT molecular complexity index is 543. The summed E-state index contributed by atoms with van der Waals surface area (Å²) in [5.41, 5.74) is 2.66. The molecule has 1 aliphatic carbocycles. The van der Waals surface area contributed by atoms with E-state index in [1.165, 1.54) is 48.6 Å². The monoisotopic (exact) mass is 270 g/mol. The van der Waals surface area contributed by atoms with Gasteiger partial charge in [-0.2, -0.15) is 0 Å². The second kappa shape index (κ2) is 6.45. The molecule has 2 atom stereocenters. The largest absolute Gasteiger partial charge is 0.361 e. The van der Waals surface area contributed by atoms with Crippen LogP contribution in [0, 0.1) is 11.8 Å². The molecule has 2 nitrogen and oxygen atoms in total. The number of aromatic nitrogens is 1. The van der Waals surface area contributed by atoms with Gasteiger partial charge in [0.05, 0.1) is 0 Å². The van der Waals surface area contributed by atoms with E-state index in [-0.39, 0.29) is 0 Å². The molecule has 1 saturated carbocycles. The highest BCUT2D eigenvalue weighted by molar-refractivity contribution is 5.82. The fraction of sp³-hybridized carbons (Fsp3) is 0.556. The van der Waals surface area contributed by atoms with Crippen LogP contribution in [0.5, 0.6) is 0 Å². The highest BCUT2D eigenvalue weighted by atomic mass is 14.9. The van der Waals surface area contributed by atoms with Crippen LogP contribution in [0.2, 0.25) is 0 Å². The van der Waals surface area contributed by atoms with Gasteiger partial charge in [0.2, 0.25) is 0 Å².